The lowest BCUT2D eigenvalue weighted by Gasteiger charge is -2.21. The number of benzene rings is 1. The fourth-order valence-electron chi connectivity index (χ4n) is 2.47. The highest BCUT2D eigenvalue weighted by Crippen LogP contribution is 2.23. The quantitative estimate of drug-likeness (QED) is 0.746. The Morgan fingerprint density at radius 1 is 1.38 bits per heavy atom. The summed E-state index contributed by atoms with van der Waals surface area (Å²) in [5.41, 5.74) is 12.0. The van der Waals surface area contributed by atoms with Crippen molar-refractivity contribution in [1.82, 2.24) is 4.31 Å². The van der Waals surface area contributed by atoms with E-state index in [-0.39, 0.29) is 10.7 Å². The van der Waals surface area contributed by atoms with Gasteiger partial charge in [0.25, 0.3) is 0 Å². The Morgan fingerprint density at radius 3 is 2.71 bits per heavy atom. The van der Waals surface area contributed by atoms with Gasteiger partial charge in [0, 0.05) is 12.1 Å². The highest BCUT2D eigenvalue weighted by molar-refractivity contribution is 7.88. The van der Waals surface area contributed by atoms with Crippen LogP contribution >= 0.6 is 12.2 Å². The van der Waals surface area contributed by atoms with E-state index in [2.05, 4.69) is 0 Å². The van der Waals surface area contributed by atoms with Gasteiger partial charge in [0.05, 0.1) is 5.75 Å². The molecule has 1 unspecified atom stereocenters. The molecule has 1 aliphatic heterocycles. The van der Waals surface area contributed by atoms with Gasteiger partial charge in [0.1, 0.15) is 11.0 Å². The summed E-state index contributed by atoms with van der Waals surface area (Å²) in [6, 6.07) is 6.02. The summed E-state index contributed by atoms with van der Waals surface area (Å²) in [6.45, 7) is 0.324. The number of carbonyl (C=O) groups is 1. The summed E-state index contributed by atoms with van der Waals surface area (Å²) in [6.07, 6.45) is 1.11. The van der Waals surface area contributed by atoms with Crippen LogP contribution in [0.3, 0.4) is 0 Å². The smallest absolute Gasteiger partial charge is 0.235 e. The number of hydrogen-bond donors (Lipinski definition) is 2. The van der Waals surface area contributed by atoms with Gasteiger partial charge in [0.2, 0.25) is 15.9 Å². The third-order valence-corrected chi connectivity index (χ3v) is 5.54. The third kappa shape index (κ3) is 3.58. The molecular weight excluding hydrogens is 310 g/mol. The molecule has 1 aromatic rings. The molecule has 1 aromatic carbocycles. The average molecular weight is 327 g/mol. The van der Waals surface area contributed by atoms with Crippen molar-refractivity contribution in [3.05, 3.63) is 35.4 Å². The van der Waals surface area contributed by atoms with Crippen LogP contribution < -0.4 is 11.5 Å². The minimum atomic E-state index is -3.60. The summed E-state index contributed by atoms with van der Waals surface area (Å²) < 4.78 is 26.1. The van der Waals surface area contributed by atoms with Crippen LogP contribution in [0.5, 0.6) is 0 Å². The summed E-state index contributed by atoms with van der Waals surface area (Å²) >= 11 is 4.88. The standard InChI is InChI=1S/C13H17N3O3S2/c14-12(17)11-5-2-6-16(11)21(18,19)8-9-3-1-4-10(7-9)13(15)20/h1,3-4,7,11H,2,5-6,8H2,(H2,14,17)(H2,15,20). The predicted molar refractivity (Wildman–Crippen MR) is 83.9 cm³/mol. The average Bonchev–Trinajstić information content (AvgIpc) is 2.88. The Labute approximate surface area is 129 Å². The molecule has 0 aromatic heterocycles. The van der Waals surface area contributed by atoms with Gasteiger partial charge in [-0.1, -0.05) is 30.4 Å². The van der Waals surface area contributed by atoms with Crippen LogP contribution in [-0.4, -0.2) is 36.2 Å². The fourth-order valence-corrected chi connectivity index (χ4v) is 4.36. The first-order valence-electron chi connectivity index (χ1n) is 6.49. The van der Waals surface area contributed by atoms with E-state index in [0.717, 1.165) is 0 Å². The number of thiocarbonyl (C=S) groups is 1. The maximum absolute atomic E-state index is 12.5. The minimum absolute atomic E-state index is 0.201. The highest BCUT2D eigenvalue weighted by Gasteiger charge is 2.37. The number of carbonyl (C=O) groups excluding carboxylic acids is 1. The van der Waals surface area contributed by atoms with Crippen LogP contribution in [0.2, 0.25) is 0 Å². The summed E-state index contributed by atoms with van der Waals surface area (Å²) in [5, 5.41) is 0. The zero-order chi connectivity index (χ0) is 15.6. The Hall–Kier alpha value is -1.51. The van der Waals surface area contributed by atoms with Crippen LogP contribution in [0, 0.1) is 0 Å². The van der Waals surface area contributed by atoms with E-state index < -0.39 is 22.0 Å². The van der Waals surface area contributed by atoms with Crippen molar-refractivity contribution in [3.63, 3.8) is 0 Å². The minimum Gasteiger partial charge on any atom is -0.389 e. The monoisotopic (exact) mass is 327 g/mol. The first-order chi connectivity index (χ1) is 9.81. The Balaban J connectivity index is 2.23. The number of amides is 1. The van der Waals surface area contributed by atoms with Crippen LogP contribution in [-0.2, 0) is 20.6 Å². The highest BCUT2D eigenvalue weighted by atomic mass is 32.2. The van der Waals surface area contributed by atoms with E-state index in [1.165, 1.54) is 4.31 Å². The van der Waals surface area contributed by atoms with Gasteiger partial charge in [-0.2, -0.15) is 4.31 Å². The molecule has 8 heteroatoms. The molecule has 0 radical (unpaired) electrons. The Morgan fingerprint density at radius 2 is 2.10 bits per heavy atom. The number of rotatable bonds is 5. The molecule has 0 aliphatic carbocycles. The van der Waals surface area contributed by atoms with E-state index in [9.17, 15) is 13.2 Å². The maximum Gasteiger partial charge on any atom is 0.235 e. The molecule has 114 valence electrons. The van der Waals surface area contributed by atoms with Gasteiger partial charge in [-0.3, -0.25) is 4.79 Å². The first kappa shape index (κ1) is 15.9. The molecule has 21 heavy (non-hydrogen) atoms. The lowest BCUT2D eigenvalue weighted by atomic mass is 10.1. The number of hydrogen-bond acceptors (Lipinski definition) is 4. The van der Waals surface area contributed by atoms with Crippen LogP contribution in [0.25, 0.3) is 0 Å². The van der Waals surface area contributed by atoms with E-state index in [4.69, 9.17) is 23.7 Å². The van der Waals surface area contributed by atoms with Gasteiger partial charge in [-0.25, -0.2) is 8.42 Å². The normalized spacial score (nSPS) is 19.5. The van der Waals surface area contributed by atoms with Gasteiger partial charge < -0.3 is 11.5 Å². The number of nitrogens with two attached hydrogens (primary N) is 2. The molecule has 1 atom stereocenters. The van der Waals surface area contributed by atoms with E-state index >= 15 is 0 Å². The van der Waals surface area contributed by atoms with Crippen LogP contribution in [0.1, 0.15) is 24.0 Å². The molecule has 2 rings (SSSR count). The third-order valence-electron chi connectivity index (χ3n) is 3.45. The van der Waals surface area contributed by atoms with Gasteiger partial charge in [0.15, 0.2) is 0 Å². The Bertz CT molecular complexity index is 673. The topological polar surface area (TPSA) is 106 Å². The predicted octanol–water partition coefficient (Wildman–Crippen LogP) is 0.100. The van der Waals surface area contributed by atoms with Gasteiger partial charge in [-0.15, -0.1) is 0 Å². The van der Waals surface area contributed by atoms with E-state index in [1.54, 1.807) is 24.3 Å². The summed E-state index contributed by atoms with van der Waals surface area (Å²) in [4.78, 5) is 11.6. The van der Waals surface area contributed by atoms with E-state index in [1.807, 2.05) is 0 Å². The Kier molecular flexibility index (Phi) is 4.60. The summed E-state index contributed by atoms with van der Waals surface area (Å²) in [7, 11) is -3.60. The van der Waals surface area contributed by atoms with Crippen molar-refractivity contribution in [2.45, 2.75) is 24.6 Å². The molecule has 1 heterocycles. The first-order valence-corrected chi connectivity index (χ1v) is 8.50. The zero-order valence-electron chi connectivity index (χ0n) is 11.4. The second-order valence-electron chi connectivity index (χ2n) is 4.99. The molecule has 1 amide bonds. The van der Waals surface area contributed by atoms with Crippen LogP contribution in [0.4, 0.5) is 0 Å². The lowest BCUT2D eigenvalue weighted by molar-refractivity contribution is -0.121. The summed E-state index contributed by atoms with van der Waals surface area (Å²) in [5.74, 6) is -0.805. The number of primary amides is 1. The van der Waals surface area contributed by atoms with Gasteiger partial charge >= 0.3 is 0 Å². The largest absolute Gasteiger partial charge is 0.389 e. The fraction of sp³-hybridized carbons (Fsp3) is 0.385. The second kappa shape index (κ2) is 6.08. The molecule has 0 saturated carbocycles. The number of sulfonamides is 1. The number of nitrogens with zero attached hydrogens (tertiary/aromatic N) is 1. The molecule has 6 nitrogen and oxygen atoms in total. The second-order valence-corrected chi connectivity index (χ2v) is 7.35. The zero-order valence-corrected chi connectivity index (χ0v) is 13.0. The molecule has 4 N–H and O–H groups in total. The molecule has 1 saturated heterocycles. The van der Waals surface area contributed by atoms with Crippen molar-refractivity contribution >= 4 is 33.1 Å². The van der Waals surface area contributed by atoms with Crippen LogP contribution in [0.15, 0.2) is 24.3 Å². The van der Waals surface area contributed by atoms with E-state index in [0.29, 0.717) is 30.5 Å². The van der Waals surface area contributed by atoms with Crippen molar-refractivity contribution < 1.29 is 13.2 Å². The SMILES string of the molecule is NC(=O)C1CCCN1S(=O)(=O)Cc1cccc(C(N)=S)c1. The molecule has 0 bridgehead atoms. The van der Waals surface area contributed by atoms with Crippen molar-refractivity contribution in [3.8, 4) is 0 Å². The van der Waals surface area contributed by atoms with Crippen molar-refractivity contribution in [2.75, 3.05) is 6.54 Å². The van der Waals surface area contributed by atoms with Crippen molar-refractivity contribution in [2.24, 2.45) is 11.5 Å². The van der Waals surface area contributed by atoms with Gasteiger partial charge in [-0.05, 0) is 24.5 Å². The lowest BCUT2D eigenvalue weighted by Crippen LogP contribution is -2.44. The molecule has 1 aliphatic rings. The molecule has 1 fully saturated rings. The molecule has 0 spiro atoms. The van der Waals surface area contributed by atoms with Crippen molar-refractivity contribution in [1.29, 1.82) is 0 Å². The maximum atomic E-state index is 12.5. The molecular formula is C13H17N3O3S2.